The van der Waals surface area contributed by atoms with E-state index in [-0.39, 0.29) is 0 Å². The Morgan fingerprint density at radius 3 is 1.47 bits per heavy atom. The van der Waals surface area contributed by atoms with E-state index in [1.807, 2.05) is 0 Å². The molecule has 3 rings (SSSR count). The zero-order chi connectivity index (χ0) is 13.3. The van der Waals surface area contributed by atoms with Crippen molar-refractivity contribution in [3.05, 3.63) is 48.6 Å². The van der Waals surface area contributed by atoms with Gasteiger partial charge in [-0.1, -0.05) is 61.4 Å². The van der Waals surface area contributed by atoms with Crippen molar-refractivity contribution in [1.29, 1.82) is 0 Å². The van der Waals surface area contributed by atoms with E-state index in [1.54, 1.807) is 0 Å². The van der Waals surface area contributed by atoms with Crippen molar-refractivity contribution in [2.45, 2.75) is 49.1 Å². The summed E-state index contributed by atoms with van der Waals surface area (Å²) in [5, 5.41) is 0. The summed E-state index contributed by atoms with van der Waals surface area (Å²) in [7, 11) is -3.27. The Labute approximate surface area is 119 Å². The number of hydrogen-bond donors (Lipinski definition) is 0. The lowest BCUT2D eigenvalue weighted by Crippen LogP contribution is -2.50. The topological polar surface area (TPSA) is 9.23 Å². The minimum Gasteiger partial charge on any atom is -0.454 e. The van der Waals surface area contributed by atoms with Gasteiger partial charge < -0.3 is 4.12 Å². The van der Waals surface area contributed by atoms with Gasteiger partial charge in [-0.15, -0.1) is 0 Å². The Morgan fingerprint density at radius 2 is 1.11 bits per heavy atom. The van der Waals surface area contributed by atoms with Gasteiger partial charge in [0.05, 0.1) is 0 Å². The number of hydrogen-bond acceptors (Lipinski definition) is 1. The van der Waals surface area contributed by atoms with E-state index >= 15 is 0 Å². The molecule has 0 N–H and O–H groups in total. The Balaban J connectivity index is 1.86. The molecule has 0 aromatic carbocycles. The van der Waals surface area contributed by atoms with Crippen molar-refractivity contribution >= 4 is 16.6 Å². The fourth-order valence-electron chi connectivity index (χ4n) is 3.73. The Bertz CT molecular complexity index is 399. The van der Waals surface area contributed by atoms with Crippen LogP contribution in [0.5, 0.6) is 0 Å². The fraction of sp³-hybridized carbons (Fsp3) is 0.500. The third kappa shape index (κ3) is 2.51. The quantitative estimate of drug-likeness (QED) is 0.654. The second-order valence-corrected chi connectivity index (χ2v) is 14.9. The summed E-state index contributed by atoms with van der Waals surface area (Å²) in [6.45, 7) is 4.94. The standard InChI is InChI=1S/C16H24OSi2/c1-18(15-9-3-4-10-15)13-7-8-14-19(2,17-18)16-11-5-6-12-16/h3-6,9-12,15-16H,7-8,13-14H2,1-2H3. The lowest BCUT2D eigenvalue weighted by Gasteiger charge is -2.41. The largest absolute Gasteiger partial charge is 0.454 e. The highest BCUT2D eigenvalue weighted by molar-refractivity contribution is 6.88. The molecule has 1 fully saturated rings. The van der Waals surface area contributed by atoms with Gasteiger partial charge in [0.1, 0.15) is 0 Å². The number of rotatable bonds is 2. The van der Waals surface area contributed by atoms with E-state index in [2.05, 4.69) is 61.7 Å². The molecule has 3 aliphatic rings. The van der Waals surface area contributed by atoms with Crippen LogP contribution < -0.4 is 0 Å². The van der Waals surface area contributed by atoms with Crippen molar-refractivity contribution in [1.82, 2.24) is 0 Å². The molecule has 1 heterocycles. The molecule has 2 atom stereocenters. The highest BCUT2D eigenvalue weighted by Crippen LogP contribution is 2.44. The van der Waals surface area contributed by atoms with Crippen LogP contribution in [0.4, 0.5) is 0 Å². The van der Waals surface area contributed by atoms with E-state index in [9.17, 15) is 0 Å². The molecule has 3 heteroatoms. The summed E-state index contributed by atoms with van der Waals surface area (Å²) in [6, 6.07) is 2.66. The van der Waals surface area contributed by atoms with Crippen molar-refractivity contribution in [2.75, 3.05) is 0 Å². The summed E-state index contributed by atoms with van der Waals surface area (Å²) >= 11 is 0. The Hall–Kier alpha value is -0.646. The summed E-state index contributed by atoms with van der Waals surface area (Å²) in [6.07, 6.45) is 21.0. The van der Waals surface area contributed by atoms with Crippen LogP contribution in [0.25, 0.3) is 0 Å². The van der Waals surface area contributed by atoms with E-state index < -0.39 is 16.6 Å². The molecule has 0 spiro atoms. The zero-order valence-electron chi connectivity index (χ0n) is 12.0. The van der Waals surface area contributed by atoms with Gasteiger partial charge in [0.15, 0.2) is 16.6 Å². The summed E-state index contributed by atoms with van der Waals surface area (Å²) in [5.74, 6) is 0. The van der Waals surface area contributed by atoms with Gasteiger partial charge >= 0.3 is 0 Å². The van der Waals surface area contributed by atoms with Crippen LogP contribution in [0, 0.1) is 0 Å². The van der Waals surface area contributed by atoms with Crippen LogP contribution in [0.3, 0.4) is 0 Å². The maximum absolute atomic E-state index is 7.03. The van der Waals surface area contributed by atoms with E-state index in [1.165, 1.54) is 24.9 Å². The normalized spacial score (nSPS) is 39.3. The molecule has 0 amide bonds. The lowest BCUT2D eigenvalue weighted by molar-refractivity contribution is 0.523. The van der Waals surface area contributed by atoms with Crippen molar-refractivity contribution < 1.29 is 4.12 Å². The van der Waals surface area contributed by atoms with Gasteiger partial charge in [0, 0.05) is 11.1 Å². The zero-order valence-corrected chi connectivity index (χ0v) is 14.0. The van der Waals surface area contributed by atoms with Crippen LogP contribution in [0.2, 0.25) is 36.3 Å². The highest BCUT2D eigenvalue weighted by atomic mass is 28.4. The molecule has 1 nitrogen and oxygen atoms in total. The van der Waals surface area contributed by atoms with Crippen molar-refractivity contribution in [3.8, 4) is 0 Å². The van der Waals surface area contributed by atoms with Crippen LogP contribution in [0.15, 0.2) is 48.6 Å². The van der Waals surface area contributed by atoms with Crippen LogP contribution >= 0.6 is 0 Å². The second kappa shape index (κ2) is 5.04. The molecule has 0 radical (unpaired) electrons. The highest BCUT2D eigenvalue weighted by Gasteiger charge is 2.47. The average molecular weight is 289 g/mol. The molecule has 19 heavy (non-hydrogen) atoms. The van der Waals surface area contributed by atoms with Gasteiger partial charge in [0.2, 0.25) is 0 Å². The van der Waals surface area contributed by atoms with Crippen LogP contribution in [-0.4, -0.2) is 16.6 Å². The molecule has 2 aliphatic carbocycles. The molecular formula is C16H24OSi2. The second-order valence-electron chi connectivity index (χ2n) is 6.53. The predicted molar refractivity (Wildman–Crippen MR) is 87.2 cm³/mol. The first-order valence-corrected chi connectivity index (χ1v) is 12.9. The monoisotopic (exact) mass is 288 g/mol. The molecule has 0 saturated carbocycles. The molecule has 0 bridgehead atoms. The Kier molecular flexibility index (Phi) is 3.54. The smallest absolute Gasteiger partial charge is 0.187 e. The van der Waals surface area contributed by atoms with Crippen LogP contribution in [0.1, 0.15) is 12.8 Å². The third-order valence-electron chi connectivity index (χ3n) is 4.97. The molecule has 1 aliphatic heterocycles. The maximum Gasteiger partial charge on any atom is 0.187 e. The van der Waals surface area contributed by atoms with Crippen molar-refractivity contribution in [3.63, 3.8) is 0 Å². The molecule has 0 aromatic rings. The summed E-state index contributed by atoms with van der Waals surface area (Å²) in [5.41, 5.74) is 1.21. The molecular weight excluding hydrogens is 264 g/mol. The molecule has 2 unspecified atom stereocenters. The summed E-state index contributed by atoms with van der Waals surface area (Å²) in [4.78, 5) is 0. The first-order chi connectivity index (χ1) is 9.12. The van der Waals surface area contributed by atoms with E-state index in [4.69, 9.17) is 4.12 Å². The van der Waals surface area contributed by atoms with Gasteiger partial charge in [-0.05, 0) is 25.2 Å². The van der Waals surface area contributed by atoms with Crippen molar-refractivity contribution in [2.24, 2.45) is 0 Å². The fourth-order valence-corrected chi connectivity index (χ4v) is 14.5. The molecule has 1 saturated heterocycles. The van der Waals surface area contributed by atoms with E-state index in [0.717, 1.165) is 0 Å². The SMILES string of the molecule is C[Si]1(C2C=CC=C2)CCCC[Si](C)(C2C=CC=C2)O1. The average Bonchev–Trinajstić information content (AvgIpc) is 3.05. The van der Waals surface area contributed by atoms with Gasteiger partial charge in [-0.25, -0.2) is 0 Å². The summed E-state index contributed by atoms with van der Waals surface area (Å²) < 4.78 is 7.03. The van der Waals surface area contributed by atoms with Crippen LogP contribution in [-0.2, 0) is 4.12 Å². The first kappa shape index (κ1) is 13.3. The minimum absolute atomic E-state index is 0.604. The molecule has 102 valence electrons. The maximum atomic E-state index is 7.03. The van der Waals surface area contributed by atoms with Gasteiger partial charge in [0.25, 0.3) is 0 Å². The predicted octanol–water partition coefficient (Wildman–Crippen LogP) is 4.94. The van der Waals surface area contributed by atoms with E-state index in [0.29, 0.717) is 11.1 Å². The van der Waals surface area contributed by atoms with Gasteiger partial charge in [-0.3, -0.25) is 0 Å². The Morgan fingerprint density at radius 1 is 0.737 bits per heavy atom. The lowest BCUT2D eigenvalue weighted by atomic mass is 10.4. The number of allylic oxidation sites excluding steroid dienone is 8. The minimum atomic E-state index is -1.64. The first-order valence-electron chi connectivity index (χ1n) is 7.53. The van der Waals surface area contributed by atoms with Gasteiger partial charge in [-0.2, -0.15) is 0 Å². The molecule has 0 aromatic heterocycles. The third-order valence-corrected chi connectivity index (χ3v) is 15.0.